The van der Waals surface area contributed by atoms with Gasteiger partial charge in [-0.25, -0.2) is 4.98 Å². The first kappa shape index (κ1) is 19.3. The molecule has 2 unspecified atom stereocenters. The maximum absolute atomic E-state index is 12.9. The zero-order valence-electron chi connectivity index (χ0n) is 17.1. The maximum atomic E-state index is 12.9. The van der Waals surface area contributed by atoms with Gasteiger partial charge >= 0.3 is 0 Å². The quantitative estimate of drug-likeness (QED) is 0.666. The molecule has 3 aromatic rings. The van der Waals surface area contributed by atoms with Crippen LogP contribution in [0, 0.1) is 5.92 Å². The van der Waals surface area contributed by atoms with E-state index in [1.807, 2.05) is 24.3 Å². The van der Waals surface area contributed by atoms with Gasteiger partial charge in [-0.2, -0.15) is 0 Å². The SMILES string of the molecule is O=C(Nc1ccc2nc(C3CCCO3)[nH]c2c1)C1CCCN(Cc2ccccc2)C1. The summed E-state index contributed by atoms with van der Waals surface area (Å²) in [5, 5.41) is 3.12. The number of anilines is 1. The van der Waals surface area contributed by atoms with Crippen molar-refractivity contribution in [3.63, 3.8) is 0 Å². The van der Waals surface area contributed by atoms with Gasteiger partial charge in [0, 0.05) is 25.4 Å². The Labute approximate surface area is 176 Å². The van der Waals surface area contributed by atoms with E-state index in [1.54, 1.807) is 0 Å². The monoisotopic (exact) mass is 404 g/mol. The van der Waals surface area contributed by atoms with Crippen molar-refractivity contribution in [3.05, 3.63) is 59.9 Å². The normalized spacial score (nSPS) is 22.4. The van der Waals surface area contributed by atoms with Crippen molar-refractivity contribution in [3.8, 4) is 0 Å². The lowest BCUT2D eigenvalue weighted by Crippen LogP contribution is -2.40. The van der Waals surface area contributed by atoms with E-state index < -0.39 is 0 Å². The Morgan fingerprint density at radius 3 is 2.90 bits per heavy atom. The fourth-order valence-corrected chi connectivity index (χ4v) is 4.55. The first-order chi connectivity index (χ1) is 14.7. The van der Waals surface area contributed by atoms with Crippen molar-refractivity contribution >= 4 is 22.6 Å². The Balaban J connectivity index is 1.23. The standard InChI is InChI=1S/C24H28N4O2/c29-24(18-8-4-12-28(16-18)15-17-6-2-1-3-7-17)25-19-10-11-20-21(14-19)27-23(26-20)22-9-5-13-30-22/h1-3,6-7,10-11,14,18,22H,4-5,8-9,12-13,15-16H2,(H,25,29)(H,26,27). The number of aromatic nitrogens is 2. The number of fused-ring (bicyclic) bond motifs is 1. The molecule has 2 aliphatic heterocycles. The van der Waals surface area contributed by atoms with Crippen LogP contribution in [0.15, 0.2) is 48.5 Å². The molecule has 2 N–H and O–H groups in total. The van der Waals surface area contributed by atoms with Gasteiger partial charge in [-0.3, -0.25) is 9.69 Å². The summed E-state index contributed by atoms with van der Waals surface area (Å²) in [7, 11) is 0. The molecular formula is C24H28N4O2. The maximum Gasteiger partial charge on any atom is 0.228 e. The van der Waals surface area contributed by atoms with E-state index in [0.29, 0.717) is 0 Å². The van der Waals surface area contributed by atoms with Gasteiger partial charge in [0.25, 0.3) is 0 Å². The number of hydrogen-bond donors (Lipinski definition) is 2. The number of hydrogen-bond acceptors (Lipinski definition) is 4. The molecule has 0 aliphatic carbocycles. The van der Waals surface area contributed by atoms with Crippen molar-refractivity contribution in [1.29, 1.82) is 0 Å². The van der Waals surface area contributed by atoms with Crippen LogP contribution in [0.1, 0.15) is 43.2 Å². The molecule has 2 saturated heterocycles. The molecule has 5 rings (SSSR count). The van der Waals surface area contributed by atoms with Gasteiger partial charge in [0.2, 0.25) is 5.91 Å². The molecule has 6 nitrogen and oxygen atoms in total. The van der Waals surface area contributed by atoms with Gasteiger partial charge < -0.3 is 15.0 Å². The zero-order chi connectivity index (χ0) is 20.3. The van der Waals surface area contributed by atoms with Crippen molar-refractivity contribution in [2.45, 2.75) is 38.3 Å². The Hall–Kier alpha value is -2.70. The molecular weight excluding hydrogens is 376 g/mol. The predicted molar refractivity (Wildman–Crippen MR) is 117 cm³/mol. The predicted octanol–water partition coefficient (Wildman–Crippen LogP) is 4.27. The Kier molecular flexibility index (Phi) is 5.51. The lowest BCUT2D eigenvalue weighted by Gasteiger charge is -2.32. The van der Waals surface area contributed by atoms with Crippen LogP contribution in [-0.4, -0.2) is 40.5 Å². The molecule has 0 saturated carbocycles. The number of nitrogens with zero attached hydrogens (tertiary/aromatic N) is 2. The molecule has 0 radical (unpaired) electrons. The van der Waals surface area contributed by atoms with E-state index in [-0.39, 0.29) is 17.9 Å². The van der Waals surface area contributed by atoms with Gasteiger partial charge in [-0.1, -0.05) is 30.3 Å². The number of rotatable bonds is 5. The summed E-state index contributed by atoms with van der Waals surface area (Å²) in [5.74, 6) is 1.00. The van der Waals surface area contributed by atoms with E-state index in [2.05, 4.69) is 44.5 Å². The molecule has 0 spiro atoms. The third-order valence-corrected chi connectivity index (χ3v) is 6.13. The second kappa shape index (κ2) is 8.58. The van der Waals surface area contributed by atoms with Crippen molar-refractivity contribution < 1.29 is 9.53 Å². The number of likely N-dealkylation sites (tertiary alicyclic amines) is 1. The van der Waals surface area contributed by atoms with E-state index in [9.17, 15) is 4.79 Å². The lowest BCUT2D eigenvalue weighted by molar-refractivity contribution is -0.121. The third kappa shape index (κ3) is 4.25. The summed E-state index contributed by atoms with van der Waals surface area (Å²) in [6.07, 6.45) is 4.13. The summed E-state index contributed by atoms with van der Waals surface area (Å²) < 4.78 is 5.73. The molecule has 1 amide bonds. The Bertz CT molecular complexity index is 1010. The highest BCUT2D eigenvalue weighted by atomic mass is 16.5. The Morgan fingerprint density at radius 1 is 1.17 bits per heavy atom. The topological polar surface area (TPSA) is 70.2 Å². The Morgan fingerprint density at radius 2 is 2.07 bits per heavy atom. The smallest absolute Gasteiger partial charge is 0.228 e. The molecule has 1 aromatic heterocycles. The third-order valence-electron chi connectivity index (χ3n) is 6.13. The molecule has 30 heavy (non-hydrogen) atoms. The zero-order valence-corrected chi connectivity index (χ0v) is 17.1. The molecule has 3 heterocycles. The summed E-state index contributed by atoms with van der Waals surface area (Å²) in [4.78, 5) is 23.3. The number of carbonyl (C=O) groups excluding carboxylic acids is 1. The van der Waals surface area contributed by atoms with Crippen LogP contribution in [0.25, 0.3) is 11.0 Å². The molecule has 156 valence electrons. The van der Waals surface area contributed by atoms with E-state index in [4.69, 9.17) is 4.74 Å². The van der Waals surface area contributed by atoms with Crippen LogP contribution >= 0.6 is 0 Å². The summed E-state index contributed by atoms with van der Waals surface area (Å²) in [6.45, 7) is 3.55. The number of benzene rings is 2. The number of amides is 1. The van der Waals surface area contributed by atoms with Crippen molar-refractivity contribution in [1.82, 2.24) is 14.9 Å². The molecule has 2 aromatic carbocycles. The summed E-state index contributed by atoms with van der Waals surface area (Å²) >= 11 is 0. The highest BCUT2D eigenvalue weighted by Crippen LogP contribution is 2.29. The largest absolute Gasteiger partial charge is 0.370 e. The molecule has 6 heteroatoms. The van der Waals surface area contributed by atoms with Crippen LogP contribution in [0.2, 0.25) is 0 Å². The first-order valence-corrected chi connectivity index (χ1v) is 10.9. The van der Waals surface area contributed by atoms with Gasteiger partial charge in [-0.15, -0.1) is 0 Å². The van der Waals surface area contributed by atoms with E-state index in [0.717, 1.165) is 74.5 Å². The molecule has 2 fully saturated rings. The van der Waals surface area contributed by atoms with Gasteiger partial charge in [0.15, 0.2) is 0 Å². The highest BCUT2D eigenvalue weighted by Gasteiger charge is 2.26. The number of carbonyl (C=O) groups is 1. The minimum Gasteiger partial charge on any atom is -0.370 e. The second-order valence-corrected chi connectivity index (χ2v) is 8.40. The highest BCUT2D eigenvalue weighted by molar-refractivity contribution is 5.94. The van der Waals surface area contributed by atoms with E-state index >= 15 is 0 Å². The number of H-pyrrole nitrogens is 1. The number of nitrogens with one attached hydrogen (secondary N) is 2. The van der Waals surface area contributed by atoms with Gasteiger partial charge in [0.1, 0.15) is 11.9 Å². The van der Waals surface area contributed by atoms with Crippen LogP contribution < -0.4 is 5.32 Å². The number of piperidine rings is 1. The van der Waals surface area contributed by atoms with Crippen molar-refractivity contribution in [2.24, 2.45) is 5.92 Å². The minimum absolute atomic E-state index is 0.0161. The lowest BCUT2D eigenvalue weighted by atomic mass is 9.96. The average molecular weight is 405 g/mol. The summed E-state index contributed by atoms with van der Waals surface area (Å²) in [5.41, 5.74) is 3.96. The van der Waals surface area contributed by atoms with E-state index in [1.165, 1.54) is 5.56 Å². The number of imidazole rings is 1. The van der Waals surface area contributed by atoms with Crippen LogP contribution in [0.3, 0.4) is 0 Å². The van der Waals surface area contributed by atoms with Crippen LogP contribution in [-0.2, 0) is 16.1 Å². The molecule has 2 aliphatic rings. The van der Waals surface area contributed by atoms with Gasteiger partial charge in [0.05, 0.1) is 17.0 Å². The second-order valence-electron chi connectivity index (χ2n) is 8.40. The van der Waals surface area contributed by atoms with Crippen LogP contribution in [0.5, 0.6) is 0 Å². The summed E-state index contributed by atoms with van der Waals surface area (Å²) in [6, 6.07) is 16.3. The first-order valence-electron chi connectivity index (χ1n) is 10.9. The minimum atomic E-state index is 0.0161. The molecule has 2 atom stereocenters. The van der Waals surface area contributed by atoms with Gasteiger partial charge in [-0.05, 0) is 56.0 Å². The fraction of sp³-hybridized carbons (Fsp3) is 0.417. The van der Waals surface area contributed by atoms with Crippen molar-refractivity contribution in [2.75, 3.05) is 25.0 Å². The number of ether oxygens (including phenoxy) is 1. The molecule has 0 bridgehead atoms. The fourth-order valence-electron chi connectivity index (χ4n) is 4.55. The van der Waals surface area contributed by atoms with Crippen LogP contribution in [0.4, 0.5) is 5.69 Å². The number of aromatic amines is 1. The average Bonchev–Trinajstić information content (AvgIpc) is 3.44.